The Labute approximate surface area is 79.9 Å². The average Bonchev–Trinajstić information content (AvgIpc) is 2.19. The monoisotopic (exact) mass is 184 g/mol. The highest BCUT2D eigenvalue weighted by molar-refractivity contribution is 4.93. The maximum absolute atomic E-state index is 8.90. The second-order valence-electron chi connectivity index (χ2n) is 4.44. The molecule has 13 heavy (non-hydrogen) atoms. The van der Waals surface area contributed by atoms with Crippen LogP contribution in [0.4, 0.5) is 0 Å². The van der Waals surface area contributed by atoms with E-state index >= 15 is 0 Å². The molecule has 0 aromatic carbocycles. The van der Waals surface area contributed by atoms with Crippen LogP contribution in [-0.2, 0) is 0 Å². The number of hydrogen-bond donors (Lipinski definition) is 2. The van der Waals surface area contributed by atoms with E-state index in [2.05, 4.69) is 4.90 Å². The van der Waals surface area contributed by atoms with Gasteiger partial charge in [-0.1, -0.05) is 0 Å². The Morgan fingerprint density at radius 3 is 2.77 bits per heavy atom. The minimum absolute atomic E-state index is 0.302. The molecular formula is C10H20N2O. The molecule has 2 saturated heterocycles. The van der Waals surface area contributed by atoms with E-state index in [9.17, 15) is 0 Å². The maximum Gasteiger partial charge on any atom is 0.0558 e. The van der Waals surface area contributed by atoms with Crippen LogP contribution >= 0.6 is 0 Å². The van der Waals surface area contributed by atoms with Gasteiger partial charge in [0.15, 0.2) is 0 Å². The van der Waals surface area contributed by atoms with Gasteiger partial charge < -0.3 is 10.8 Å². The van der Waals surface area contributed by atoms with Gasteiger partial charge in [0.25, 0.3) is 0 Å². The molecule has 3 fully saturated rings. The number of hydrogen-bond acceptors (Lipinski definition) is 3. The lowest BCUT2D eigenvalue weighted by Crippen LogP contribution is -2.54. The normalized spacial score (nSPS) is 39.7. The molecule has 0 aromatic rings. The molecule has 3 atom stereocenters. The van der Waals surface area contributed by atoms with Crippen molar-refractivity contribution in [2.45, 2.75) is 25.3 Å². The quantitative estimate of drug-likeness (QED) is 0.651. The highest BCUT2D eigenvalue weighted by Gasteiger charge is 2.38. The lowest BCUT2D eigenvalue weighted by Gasteiger charge is -2.49. The molecule has 3 rings (SSSR count). The van der Waals surface area contributed by atoms with Crippen LogP contribution in [0.25, 0.3) is 0 Å². The second kappa shape index (κ2) is 3.95. The van der Waals surface area contributed by atoms with Crippen molar-refractivity contribution in [3.63, 3.8) is 0 Å². The van der Waals surface area contributed by atoms with Crippen molar-refractivity contribution in [3.8, 4) is 0 Å². The molecule has 0 aromatic heterocycles. The Balaban J connectivity index is 1.95. The number of rotatable bonds is 3. The largest absolute Gasteiger partial charge is 0.395 e. The molecule has 2 bridgehead atoms. The fraction of sp³-hybridized carbons (Fsp3) is 1.00. The molecule has 1 saturated carbocycles. The van der Waals surface area contributed by atoms with Crippen LogP contribution < -0.4 is 5.73 Å². The predicted molar refractivity (Wildman–Crippen MR) is 52.3 cm³/mol. The molecule has 3 unspecified atom stereocenters. The fourth-order valence-corrected chi connectivity index (χ4v) is 3.02. The summed E-state index contributed by atoms with van der Waals surface area (Å²) < 4.78 is 0. The van der Waals surface area contributed by atoms with Gasteiger partial charge in [-0.05, 0) is 37.6 Å². The summed E-state index contributed by atoms with van der Waals surface area (Å²) in [5.41, 5.74) is 5.74. The first kappa shape index (κ1) is 9.44. The summed E-state index contributed by atoms with van der Waals surface area (Å²) in [6.07, 6.45) is 3.94. The van der Waals surface area contributed by atoms with Crippen LogP contribution in [0.3, 0.4) is 0 Å². The molecule has 3 aliphatic rings. The van der Waals surface area contributed by atoms with Gasteiger partial charge in [0.1, 0.15) is 0 Å². The van der Waals surface area contributed by atoms with E-state index in [-0.39, 0.29) is 0 Å². The number of piperidine rings is 2. The van der Waals surface area contributed by atoms with E-state index < -0.39 is 0 Å². The van der Waals surface area contributed by atoms with E-state index in [0.717, 1.165) is 24.9 Å². The third-order valence-electron chi connectivity index (χ3n) is 3.79. The van der Waals surface area contributed by atoms with Crippen LogP contribution in [0.2, 0.25) is 0 Å². The van der Waals surface area contributed by atoms with E-state index in [1.54, 1.807) is 0 Å². The van der Waals surface area contributed by atoms with Gasteiger partial charge in [-0.15, -0.1) is 0 Å². The molecule has 1 aliphatic carbocycles. The van der Waals surface area contributed by atoms with Crippen LogP contribution in [0.1, 0.15) is 19.3 Å². The lowest BCUT2D eigenvalue weighted by molar-refractivity contribution is -0.000289. The van der Waals surface area contributed by atoms with Gasteiger partial charge in [0.2, 0.25) is 0 Å². The summed E-state index contributed by atoms with van der Waals surface area (Å²) in [5.74, 6) is 1.57. The first-order chi connectivity index (χ1) is 6.35. The standard InChI is InChI=1S/C10H20N2O/c11-6-9-5-10-2-1-8(9)7-12(10)3-4-13/h8-10,13H,1-7,11H2. The van der Waals surface area contributed by atoms with Crippen molar-refractivity contribution in [3.05, 3.63) is 0 Å². The third-order valence-corrected chi connectivity index (χ3v) is 3.79. The van der Waals surface area contributed by atoms with Crippen molar-refractivity contribution in [1.29, 1.82) is 0 Å². The average molecular weight is 184 g/mol. The summed E-state index contributed by atoms with van der Waals surface area (Å²) in [5, 5.41) is 8.90. The molecule has 3 heteroatoms. The molecule has 3 nitrogen and oxygen atoms in total. The maximum atomic E-state index is 8.90. The number of nitrogens with zero attached hydrogens (tertiary/aromatic N) is 1. The molecule has 0 spiro atoms. The number of aliphatic hydroxyl groups excluding tert-OH is 1. The summed E-state index contributed by atoms with van der Waals surface area (Å²) in [6, 6.07) is 0.714. The van der Waals surface area contributed by atoms with Gasteiger partial charge in [0.05, 0.1) is 6.61 Å². The molecule has 2 heterocycles. The summed E-state index contributed by atoms with van der Waals surface area (Å²) in [7, 11) is 0. The van der Waals surface area contributed by atoms with E-state index in [0.29, 0.717) is 12.6 Å². The Morgan fingerprint density at radius 1 is 1.38 bits per heavy atom. The second-order valence-corrected chi connectivity index (χ2v) is 4.44. The van der Waals surface area contributed by atoms with E-state index in [4.69, 9.17) is 10.8 Å². The van der Waals surface area contributed by atoms with Crippen LogP contribution in [0, 0.1) is 11.8 Å². The lowest BCUT2D eigenvalue weighted by atomic mass is 9.72. The Bertz CT molecular complexity index is 172. The highest BCUT2D eigenvalue weighted by atomic mass is 16.3. The Kier molecular flexibility index (Phi) is 2.86. The Hall–Kier alpha value is -0.120. The Morgan fingerprint density at radius 2 is 2.23 bits per heavy atom. The van der Waals surface area contributed by atoms with Crippen LogP contribution in [-0.4, -0.2) is 42.3 Å². The third kappa shape index (κ3) is 1.73. The van der Waals surface area contributed by atoms with Crippen LogP contribution in [0.5, 0.6) is 0 Å². The smallest absolute Gasteiger partial charge is 0.0558 e. The topological polar surface area (TPSA) is 49.5 Å². The minimum Gasteiger partial charge on any atom is -0.395 e. The SMILES string of the molecule is NCC1CC2CCC1CN2CCO. The molecule has 0 amide bonds. The zero-order chi connectivity index (χ0) is 9.26. The first-order valence-electron chi connectivity index (χ1n) is 5.40. The molecule has 76 valence electrons. The molecular weight excluding hydrogens is 164 g/mol. The van der Waals surface area contributed by atoms with Crippen molar-refractivity contribution in [2.75, 3.05) is 26.2 Å². The predicted octanol–water partition coefficient (Wildman–Crippen LogP) is 0.0379. The fourth-order valence-electron chi connectivity index (χ4n) is 3.02. The zero-order valence-corrected chi connectivity index (χ0v) is 8.15. The van der Waals surface area contributed by atoms with E-state index in [1.165, 1.54) is 25.8 Å². The molecule has 0 radical (unpaired) electrons. The van der Waals surface area contributed by atoms with Crippen LogP contribution in [0.15, 0.2) is 0 Å². The van der Waals surface area contributed by atoms with Gasteiger partial charge in [0, 0.05) is 19.1 Å². The summed E-state index contributed by atoms with van der Waals surface area (Å²) in [4.78, 5) is 2.44. The van der Waals surface area contributed by atoms with Gasteiger partial charge in [-0.3, -0.25) is 4.90 Å². The van der Waals surface area contributed by atoms with Crippen molar-refractivity contribution < 1.29 is 5.11 Å². The number of nitrogens with two attached hydrogens (primary N) is 1. The van der Waals surface area contributed by atoms with Gasteiger partial charge in [-0.2, -0.15) is 0 Å². The summed E-state index contributed by atoms with van der Waals surface area (Å²) in [6.45, 7) is 3.19. The van der Waals surface area contributed by atoms with Crippen molar-refractivity contribution >= 4 is 0 Å². The number of fused-ring (bicyclic) bond motifs is 3. The van der Waals surface area contributed by atoms with Gasteiger partial charge >= 0.3 is 0 Å². The number of aliphatic hydroxyl groups is 1. The van der Waals surface area contributed by atoms with Crippen molar-refractivity contribution in [2.24, 2.45) is 17.6 Å². The van der Waals surface area contributed by atoms with Crippen molar-refractivity contribution in [1.82, 2.24) is 4.90 Å². The molecule has 3 N–H and O–H groups in total. The first-order valence-corrected chi connectivity index (χ1v) is 5.40. The molecule has 2 aliphatic heterocycles. The zero-order valence-electron chi connectivity index (χ0n) is 8.15. The minimum atomic E-state index is 0.302. The van der Waals surface area contributed by atoms with Gasteiger partial charge in [-0.25, -0.2) is 0 Å². The van der Waals surface area contributed by atoms with E-state index in [1.807, 2.05) is 0 Å². The highest BCUT2D eigenvalue weighted by Crippen LogP contribution is 2.38. The summed E-state index contributed by atoms with van der Waals surface area (Å²) >= 11 is 0.